The maximum atomic E-state index is 9.29. The van der Waals surface area contributed by atoms with Crippen LogP contribution in [-0.2, 0) is 12.8 Å². The van der Waals surface area contributed by atoms with Gasteiger partial charge in [0.2, 0.25) is 0 Å². The minimum absolute atomic E-state index is 0.377. The molecule has 0 radical (unpaired) electrons. The molecule has 1 aromatic rings. The number of nitriles is 1. The van der Waals surface area contributed by atoms with E-state index in [0.29, 0.717) is 6.61 Å². The lowest BCUT2D eigenvalue weighted by atomic mass is 9.92. The third-order valence-electron chi connectivity index (χ3n) is 3.86. The minimum atomic E-state index is -0.619. The summed E-state index contributed by atoms with van der Waals surface area (Å²) in [6.07, 6.45) is 5.90. The Bertz CT molecular complexity index is 492. The number of rotatable bonds is 6. The molecular weight excluding hydrogens is 248 g/mol. The largest absolute Gasteiger partial charge is 0.491 e. The van der Waals surface area contributed by atoms with Gasteiger partial charge in [0, 0.05) is 0 Å². The van der Waals surface area contributed by atoms with E-state index in [0.717, 1.165) is 25.1 Å². The number of hydrogen-bond acceptors (Lipinski definition) is 3. The van der Waals surface area contributed by atoms with Crippen LogP contribution in [0.2, 0.25) is 0 Å². The second kappa shape index (κ2) is 6.76. The van der Waals surface area contributed by atoms with Crippen molar-refractivity contribution < 1.29 is 4.74 Å². The van der Waals surface area contributed by atoms with Crippen LogP contribution < -0.4 is 10.1 Å². The SMILES string of the molecule is CCCNC(C)(C#N)COc1ccc2c(c1)CCCC2. The van der Waals surface area contributed by atoms with Crippen LogP contribution in [0, 0.1) is 11.3 Å². The van der Waals surface area contributed by atoms with Crippen LogP contribution in [0.3, 0.4) is 0 Å². The van der Waals surface area contributed by atoms with Crippen molar-refractivity contribution in [2.24, 2.45) is 0 Å². The molecule has 1 N–H and O–H groups in total. The normalized spacial score (nSPS) is 16.9. The van der Waals surface area contributed by atoms with E-state index in [1.807, 2.05) is 13.0 Å². The minimum Gasteiger partial charge on any atom is -0.491 e. The van der Waals surface area contributed by atoms with Crippen LogP contribution in [-0.4, -0.2) is 18.7 Å². The van der Waals surface area contributed by atoms with Crippen molar-refractivity contribution in [1.82, 2.24) is 5.32 Å². The second-order valence-electron chi connectivity index (χ2n) is 5.80. The van der Waals surface area contributed by atoms with Crippen LogP contribution in [0.5, 0.6) is 5.75 Å². The summed E-state index contributed by atoms with van der Waals surface area (Å²) in [5.74, 6) is 0.880. The molecule has 0 saturated heterocycles. The van der Waals surface area contributed by atoms with Crippen molar-refractivity contribution >= 4 is 0 Å². The number of ether oxygens (including phenoxy) is 1. The number of hydrogen-bond donors (Lipinski definition) is 1. The van der Waals surface area contributed by atoms with Crippen molar-refractivity contribution in [1.29, 1.82) is 5.26 Å². The van der Waals surface area contributed by atoms with E-state index >= 15 is 0 Å². The van der Waals surface area contributed by atoms with Gasteiger partial charge < -0.3 is 4.74 Å². The fraction of sp³-hybridized carbons (Fsp3) is 0.588. The Labute approximate surface area is 121 Å². The molecule has 0 bridgehead atoms. The van der Waals surface area contributed by atoms with E-state index in [9.17, 15) is 5.26 Å². The van der Waals surface area contributed by atoms with Gasteiger partial charge in [0.1, 0.15) is 17.9 Å². The zero-order valence-corrected chi connectivity index (χ0v) is 12.5. The van der Waals surface area contributed by atoms with Gasteiger partial charge in [0.05, 0.1) is 6.07 Å². The lowest BCUT2D eigenvalue weighted by Gasteiger charge is -2.24. The molecule has 0 aliphatic heterocycles. The molecule has 0 spiro atoms. The summed E-state index contributed by atoms with van der Waals surface area (Å²) in [4.78, 5) is 0. The molecule has 0 fully saturated rings. The molecule has 2 rings (SSSR count). The highest BCUT2D eigenvalue weighted by molar-refractivity contribution is 5.37. The highest BCUT2D eigenvalue weighted by Gasteiger charge is 2.24. The Hall–Kier alpha value is -1.53. The average molecular weight is 272 g/mol. The van der Waals surface area contributed by atoms with E-state index in [-0.39, 0.29) is 0 Å². The monoisotopic (exact) mass is 272 g/mol. The van der Waals surface area contributed by atoms with Gasteiger partial charge in [-0.25, -0.2) is 0 Å². The van der Waals surface area contributed by atoms with E-state index in [1.54, 1.807) is 0 Å². The van der Waals surface area contributed by atoms with Gasteiger partial charge in [-0.3, -0.25) is 5.32 Å². The van der Waals surface area contributed by atoms with Crippen LogP contribution in [0.4, 0.5) is 0 Å². The number of benzene rings is 1. The summed E-state index contributed by atoms with van der Waals surface area (Å²) in [5, 5.41) is 12.5. The van der Waals surface area contributed by atoms with E-state index in [4.69, 9.17) is 4.74 Å². The smallest absolute Gasteiger partial charge is 0.138 e. The molecule has 108 valence electrons. The van der Waals surface area contributed by atoms with Gasteiger partial charge in [0.15, 0.2) is 0 Å². The van der Waals surface area contributed by atoms with Crippen molar-refractivity contribution in [2.45, 2.75) is 51.5 Å². The summed E-state index contributed by atoms with van der Waals surface area (Å²) in [6.45, 7) is 5.19. The van der Waals surface area contributed by atoms with Gasteiger partial charge in [-0.15, -0.1) is 0 Å². The highest BCUT2D eigenvalue weighted by Crippen LogP contribution is 2.25. The summed E-state index contributed by atoms with van der Waals surface area (Å²) < 4.78 is 5.84. The number of aryl methyl sites for hydroxylation is 2. The van der Waals surface area contributed by atoms with Gasteiger partial charge in [0.25, 0.3) is 0 Å². The molecule has 0 heterocycles. The zero-order chi connectivity index (χ0) is 14.4. The van der Waals surface area contributed by atoms with E-state index in [1.165, 1.54) is 30.4 Å². The predicted octanol–water partition coefficient (Wildman–Crippen LogP) is 3.23. The fourth-order valence-electron chi connectivity index (χ4n) is 2.55. The van der Waals surface area contributed by atoms with Crippen molar-refractivity contribution in [3.05, 3.63) is 29.3 Å². The first kappa shape index (κ1) is 14.9. The number of fused-ring (bicyclic) bond motifs is 1. The molecule has 3 heteroatoms. The molecule has 1 atom stereocenters. The summed E-state index contributed by atoms with van der Waals surface area (Å²) >= 11 is 0. The van der Waals surface area contributed by atoms with Gasteiger partial charge in [-0.2, -0.15) is 5.26 Å². The molecule has 0 aromatic heterocycles. The lowest BCUT2D eigenvalue weighted by molar-refractivity contribution is 0.234. The Morgan fingerprint density at radius 2 is 2.05 bits per heavy atom. The van der Waals surface area contributed by atoms with Crippen LogP contribution >= 0.6 is 0 Å². The van der Waals surface area contributed by atoms with Gasteiger partial charge in [-0.1, -0.05) is 13.0 Å². The van der Waals surface area contributed by atoms with Gasteiger partial charge >= 0.3 is 0 Å². The third kappa shape index (κ3) is 3.74. The molecular formula is C17H24N2O. The van der Waals surface area contributed by atoms with Crippen LogP contribution in [0.1, 0.15) is 44.2 Å². The predicted molar refractivity (Wildman–Crippen MR) is 80.9 cm³/mol. The third-order valence-corrected chi connectivity index (χ3v) is 3.86. The van der Waals surface area contributed by atoms with Crippen LogP contribution in [0.25, 0.3) is 0 Å². The molecule has 1 aliphatic rings. The zero-order valence-electron chi connectivity index (χ0n) is 12.5. The molecule has 3 nitrogen and oxygen atoms in total. The molecule has 0 amide bonds. The van der Waals surface area contributed by atoms with E-state index < -0.39 is 5.54 Å². The Morgan fingerprint density at radius 1 is 1.30 bits per heavy atom. The first-order chi connectivity index (χ1) is 9.67. The van der Waals surface area contributed by atoms with Crippen molar-refractivity contribution in [3.8, 4) is 11.8 Å². The van der Waals surface area contributed by atoms with Gasteiger partial charge in [-0.05, 0) is 68.8 Å². The molecule has 1 aliphatic carbocycles. The highest BCUT2D eigenvalue weighted by atomic mass is 16.5. The average Bonchev–Trinajstić information content (AvgIpc) is 2.51. The van der Waals surface area contributed by atoms with Crippen LogP contribution in [0.15, 0.2) is 18.2 Å². The summed E-state index contributed by atoms with van der Waals surface area (Å²) in [7, 11) is 0. The second-order valence-corrected chi connectivity index (χ2v) is 5.80. The number of nitrogens with zero attached hydrogens (tertiary/aromatic N) is 1. The Balaban J connectivity index is 1.98. The molecule has 1 aromatic carbocycles. The quantitative estimate of drug-likeness (QED) is 0.864. The van der Waals surface area contributed by atoms with E-state index in [2.05, 4.69) is 30.4 Å². The maximum absolute atomic E-state index is 9.29. The molecule has 1 unspecified atom stereocenters. The number of nitrogens with one attached hydrogen (secondary N) is 1. The molecule has 20 heavy (non-hydrogen) atoms. The molecule has 0 saturated carbocycles. The van der Waals surface area contributed by atoms with Crippen molar-refractivity contribution in [3.63, 3.8) is 0 Å². The first-order valence-corrected chi connectivity index (χ1v) is 7.58. The Kier molecular flexibility index (Phi) is 5.03. The standard InChI is InChI=1S/C17H24N2O/c1-3-10-19-17(2,12-18)13-20-16-9-8-14-6-4-5-7-15(14)11-16/h8-9,11,19H,3-7,10,13H2,1-2H3. The first-order valence-electron chi connectivity index (χ1n) is 7.58. The summed E-state index contributed by atoms with van der Waals surface area (Å²) in [5.41, 5.74) is 2.25. The Morgan fingerprint density at radius 3 is 2.75 bits per heavy atom. The topological polar surface area (TPSA) is 45.0 Å². The lowest BCUT2D eigenvalue weighted by Crippen LogP contribution is -2.46. The van der Waals surface area contributed by atoms with Crippen molar-refractivity contribution in [2.75, 3.05) is 13.2 Å². The fourth-order valence-corrected chi connectivity index (χ4v) is 2.55. The maximum Gasteiger partial charge on any atom is 0.138 e. The summed E-state index contributed by atoms with van der Waals surface area (Å²) in [6, 6.07) is 8.66.